The summed E-state index contributed by atoms with van der Waals surface area (Å²) in [5, 5.41) is 23.0. The lowest BCUT2D eigenvalue weighted by Gasteiger charge is -2.26. The standard InChI is InChI=1S/C24H16Cl2O8/c1-24(33-3)16-15(23(31)34-24)20(29)14-13(21(16)30)18(27)10-5-4-8-6-9(7-25)17(26)22(32-2)11(8)12(10)19(14)28/h4-6,29-30H,7H2,1-3H3/t24-/m0/s1. The van der Waals surface area contributed by atoms with Crippen molar-refractivity contribution < 1.29 is 38.8 Å². The van der Waals surface area contributed by atoms with Gasteiger partial charge in [-0.05, 0) is 23.1 Å². The SMILES string of the molecule is COc1c(Cl)c(CCl)cc2ccc3c(c12)C(=O)c1c(O)c2c(c(O)c1C3=O)[C@@](C)(OC)OC2=O. The number of carbonyl (C=O) groups excluding carboxylic acids is 3. The number of hydrogen-bond donors (Lipinski definition) is 2. The molecule has 8 nitrogen and oxygen atoms in total. The van der Waals surface area contributed by atoms with Crippen LogP contribution in [0.4, 0.5) is 0 Å². The van der Waals surface area contributed by atoms with Crippen molar-refractivity contribution in [3.05, 3.63) is 62.2 Å². The van der Waals surface area contributed by atoms with Crippen LogP contribution in [-0.4, -0.2) is 42.0 Å². The van der Waals surface area contributed by atoms with Crippen LogP contribution in [0.3, 0.4) is 0 Å². The van der Waals surface area contributed by atoms with Gasteiger partial charge in [0.25, 0.3) is 0 Å². The molecule has 0 aromatic heterocycles. The average molecular weight is 503 g/mol. The van der Waals surface area contributed by atoms with Crippen LogP contribution in [0.2, 0.25) is 5.02 Å². The second-order valence-corrected chi connectivity index (χ2v) is 8.64. The molecule has 2 N–H and O–H groups in total. The minimum Gasteiger partial charge on any atom is -0.507 e. The van der Waals surface area contributed by atoms with Gasteiger partial charge in [-0.15, -0.1) is 11.6 Å². The molecule has 0 fully saturated rings. The number of methoxy groups -OCH3 is 2. The quantitative estimate of drug-likeness (QED) is 0.240. The molecule has 0 spiro atoms. The second kappa shape index (κ2) is 7.33. The van der Waals surface area contributed by atoms with Crippen molar-refractivity contribution in [1.29, 1.82) is 0 Å². The number of alkyl halides is 1. The number of carbonyl (C=O) groups is 3. The van der Waals surface area contributed by atoms with Crippen molar-refractivity contribution >= 4 is 51.5 Å². The van der Waals surface area contributed by atoms with Gasteiger partial charge in [0.1, 0.15) is 22.8 Å². The molecule has 1 heterocycles. The predicted molar refractivity (Wildman–Crippen MR) is 121 cm³/mol. The molecule has 3 aromatic rings. The fourth-order valence-corrected chi connectivity index (χ4v) is 5.27. The maximum absolute atomic E-state index is 13.8. The number of esters is 1. The molecule has 0 radical (unpaired) electrons. The fraction of sp³-hybridized carbons (Fsp3) is 0.208. The van der Waals surface area contributed by atoms with Crippen LogP contribution in [0, 0.1) is 0 Å². The van der Waals surface area contributed by atoms with Gasteiger partial charge in [0.2, 0.25) is 5.79 Å². The summed E-state index contributed by atoms with van der Waals surface area (Å²) >= 11 is 12.4. The van der Waals surface area contributed by atoms with Crippen LogP contribution >= 0.6 is 23.2 Å². The molecule has 5 rings (SSSR count). The summed E-state index contributed by atoms with van der Waals surface area (Å²) in [6, 6.07) is 4.71. The number of ketones is 2. The van der Waals surface area contributed by atoms with Crippen molar-refractivity contribution in [3.63, 3.8) is 0 Å². The first-order valence-electron chi connectivity index (χ1n) is 9.99. The molecule has 0 bridgehead atoms. The zero-order chi connectivity index (χ0) is 24.7. The molecule has 0 saturated heterocycles. The van der Waals surface area contributed by atoms with Crippen molar-refractivity contribution in [2.24, 2.45) is 0 Å². The van der Waals surface area contributed by atoms with Gasteiger partial charge in [-0.1, -0.05) is 17.7 Å². The van der Waals surface area contributed by atoms with Crippen molar-refractivity contribution in [2.45, 2.75) is 18.6 Å². The minimum absolute atomic E-state index is 0.0306. The van der Waals surface area contributed by atoms with Gasteiger partial charge in [-0.3, -0.25) is 9.59 Å². The monoisotopic (exact) mass is 502 g/mol. The molecular formula is C24H16Cl2O8. The highest BCUT2D eigenvalue weighted by molar-refractivity contribution is 6.38. The second-order valence-electron chi connectivity index (χ2n) is 8.00. The Balaban J connectivity index is 1.91. The number of fused-ring (bicyclic) bond motifs is 5. The van der Waals surface area contributed by atoms with Gasteiger partial charge in [0.15, 0.2) is 11.6 Å². The number of phenols is 2. The third-order valence-electron chi connectivity index (χ3n) is 6.33. The van der Waals surface area contributed by atoms with Gasteiger partial charge in [-0.25, -0.2) is 4.79 Å². The number of phenolic OH excluding ortho intramolecular Hbond substituents is 2. The maximum Gasteiger partial charge on any atom is 0.345 e. The van der Waals surface area contributed by atoms with E-state index in [0.29, 0.717) is 10.9 Å². The highest BCUT2D eigenvalue weighted by Crippen LogP contribution is 2.52. The summed E-state index contributed by atoms with van der Waals surface area (Å²) in [6.45, 7) is 1.35. The third kappa shape index (κ3) is 2.61. The van der Waals surface area contributed by atoms with Crippen LogP contribution in [0.15, 0.2) is 18.2 Å². The number of ether oxygens (including phenoxy) is 3. The summed E-state index contributed by atoms with van der Waals surface area (Å²) < 4.78 is 15.9. The van der Waals surface area contributed by atoms with E-state index in [1.54, 1.807) is 12.1 Å². The van der Waals surface area contributed by atoms with Gasteiger partial charge >= 0.3 is 5.97 Å². The summed E-state index contributed by atoms with van der Waals surface area (Å²) in [6.07, 6.45) is 0. The van der Waals surface area contributed by atoms with E-state index in [1.165, 1.54) is 27.2 Å². The molecule has 0 saturated carbocycles. The van der Waals surface area contributed by atoms with E-state index < -0.39 is 51.5 Å². The average Bonchev–Trinajstić information content (AvgIpc) is 3.09. The fourth-order valence-electron chi connectivity index (χ4n) is 4.69. The van der Waals surface area contributed by atoms with Crippen molar-refractivity contribution in [3.8, 4) is 17.2 Å². The molecule has 1 aliphatic heterocycles. The summed E-state index contributed by atoms with van der Waals surface area (Å²) in [7, 11) is 2.59. The summed E-state index contributed by atoms with van der Waals surface area (Å²) in [5.74, 6) is -5.54. The number of benzene rings is 3. The van der Waals surface area contributed by atoms with Crippen LogP contribution in [0.1, 0.15) is 60.3 Å². The lowest BCUT2D eigenvalue weighted by molar-refractivity contribution is -0.173. The zero-order valence-corrected chi connectivity index (χ0v) is 19.6. The number of rotatable bonds is 3. The number of aromatic hydroxyl groups is 2. The smallest absolute Gasteiger partial charge is 0.345 e. The van der Waals surface area contributed by atoms with Gasteiger partial charge in [-0.2, -0.15) is 0 Å². The van der Waals surface area contributed by atoms with E-state index >= 15 is 0 Å². The topological polar surface area (TPSA) is 119 Å². The number of hydrogen-bond acceptors (Lipinski definition) is 8. The van der Waals surface area contributed by atoms with Gasteiger partial charge in [0.05, 0.1) is 28.8 Å². The molecular weight excluding hydrogens is 487 g/mol. The summed E-state index contributed by atoms with van der Waals surface area (Å²) in [5.41, 5.74) is -1.19. The maximum atomic E-state index is 13.8. The Labute approximate surface area is 202 Å². The molecule has 174 valence electrons. The van der Waals surface area contributed by atoms with Crippen LogP contribution in [0.5, 0.6) is 17.2 Å². The van der Waals surface area contributed by atoms with Gasteiger partial charge < -0.3 is 24.4 Å². The normalized spacial score (nSPS) is 18.6. The lowest BCUT2D eigenvalue weighted by atomic mass is 9.78. The van der Waals surface area contributed by atoms with Crippen LogP contribution < -0.4 is 4.74 Å². The predicted octanol–water partition coefficient (Wildman–Crippen LogP) is 4.42. The van der Waals surface area contributed by atoms with Crippen molar-refractivity contribution in [2.75, 3.05) is 14.2 Å². The molecule has 3 aromatic carbocycles. The molecule has 1 atom stereocenters. The molecule has 1 aliphatic carbocycles. The summed E-state index contributed by atoms with van der Waals surface area (Å²) in [4.78, 5) is 39.9. The van der Waals surface area contributed by atoms with E-state index in [1.807, 2.05) is 0 Å². The van der Waals surface area contributed by atoms with Crippen LogP contribution in [0.25, 0.3) is 10.8 Å². The molecule has 0 amide bonds. The zero-order valence-electron chi connectivity index (χ0n) is 18.0. The van der Waals surface area contributed by atoms with Gasteiger partial charge in [0, 0.05) is 36.4 Å². The van der Waals surface area contributed by atoms with E-state index in [-0.39, 0.29) is 38.7 Å². The lowest BCUT2D eigenvalue weighted by Crippen LogP contribution is -2.26. The Morgan fingerprint density at radius 2 is 1.68 bits per heavy atom. The highest BCUT2D eigenvalue weighted by Gasteiger charge is 2.51. The first-order chi connectivity index (χ1) is 16.1. The van der Waals surface area contributed by atoms with E-state index in [2.05, 4.69) is 0 Å². The molecule has 10 heteroatoms. The third-order valence-corrected chi connectivity index (χ3v) is 7.03. The van der Waals surface area contributed by atoms with Crippen LogP contribution in [-0.2, 0) is 21.1 Å². The number of halogens is 2. The minimum atomic E-state index is -1.76. The van der Waals surface area contributed by atoms with E-state index in [9.17, 15) is 24.6 Å². The molecule has 2 aliphatic rings. The Bertz CT molecular complexity index is 1490. The molecule has 34 heavy (non-hydrogen) atoms. The Hall–Kier alpha value is -3.33. The number of cyclic esters (lactones) is 1. The highest BCUT2D eigenvalue weighted by atomic mass is 35.5. The first kappa shape index (κ1) is 22.5. The Morgan fingerprint density at radius 3 is 2.29 bits per heavy atom. The Morgan fingerprint density at radius 1 is 1.00 bits per heavy atom. The van der Waals surface area contributed by atoms with E-state index in [4.69, 9.17) is 37.4 Å². The largest absolute Gasteiger partial charge is 0.507 e. The van der Waals surface area contributed by atoms with Crippen molar-refractivity contribution in [1.82, 2.24) is 0 Å². The van der Waals surface area contributed by atoms with E-state index in [0.717, 1.165) is 0 Å². The Kier molecular flexibility index (Phi) is 4.84. The first-order valence-corrected chi connectivity index (χ1v) is 10.9. The molecule has 0 unspecified atom stereocenters.